The average Bonchev–Trinajstić information content (AvgIpc) is 3.37. The molecule has 2 aromatic rings. The molecular weight excluding hydrogens is 434 g/mol. The SMILES string of the molecule is CCOC(=O)c1c(-c2cccs2)csc1NC(=O)CN1CCC(C(=O)NC(C)C)CC1. The van der Waals surface area contributed by atoms with E-state index in [9.17, 15) is 14.4 Å². The van der Waals surface area contributed by atoms with Gasteiger partial charge in [0.05, 0.1) is 13.2 Å². The number of rotatable bonds is 8. The maximum absolute atomic E-state index is 12.7. The molecule has 0 radical (unpaired) electrons. The van der Waals surface area contributed by atoms with Gasteiger partial charge in [-0.05, 0) is 58.1 Å². The fraction of sp³-hybridized carbons (Fsp3) is 0.500. The molecule has 0 saturated carbocycles. The Morgan fingerprint density at radius 1 is 1.23 bits per heavy atom. The van der Waals surface area contributed by atoms with Gasteiger partial charge in [0, 0.05) is 27.8 Å². The lowest BCUT2D eigenvalue weighted by molar-refractivity contribution is -0.127. The van der Waals surface area contributed by atoms with E-state index in [1.807, 2.05) is 41.6 Å². The highest BCUT2D eigenvalue weighted by molar-refractivity contribution is 7.17. The lowest BCUT2D eigenvalue weighted by Crippen LogP contribution is -2.44. The van der Waals surface area contributed by atoms with Crippen LogP contribution < -0.4 is 10.6 Å². The summed E-state index contributed by atoms with van der Waals surface area (Å²) >= 11 is 2.87. The number of anilines is 1. The van der Waals surface area contributed by atoms with Gasteiger partial charge in [0.1, 0.15) is 10.6 Å². The molecule has 0 aromatic carbocycles. The molecule has 0 spiro atoms. The Bertz CT molecular complexity index is 900. The Balaban J connectivity index is 1.61. The standard InChI is InChI=1S/C22H29N3O4S2/c1-4-29-22(28)19-16(17-6-5-11-30-17)13-31-21(19)24-18(26)12-25-9-7-15(8-10-25)20(27)23-14(2)3/h5-6,11,13-15H,4,7-10,12H2,1-3H3,(H,23,27)(H,24,26). The van der Waals surface area contributed by atoms with Gasteiger partial charge in [-0.2, -0.15) is 0 Å². The number of thiophene rings is 2. The van der Waals surface area contributed by atoms with Crippen LogP contribution in [0.15, 0.2) is 22.9 Å². The van der Waals surface area contributed by atoms with Gasteiger partial charge in [-0.25, -0.2) is 4.79 Å². The zero-order valence-corrected chi connectivity index (χ0v) is 19.7. The van der Waals surface area contributed by atoms with Crippen LogP contribution in [0.4, 0.5) is 5.00 Å². The topological polar surface area (TPSA) is 87.7 Å². The highest BCUT2D eigenvalue weighted by atomic mass is 32.1. The van der Waals surface area contributed by atoms with E-state index in [2.05, 4.69) is 10.6 Å². The highest BCUT2D eigenvalue weighted by Gasteiger charge is 2.27. The third kappa shape index (κ3) is 6.15. The van der Waals surface area contributed by atoms with Crippen LogP contribution >= 0.6 is 22.7 Å². The van der Waals surface area contributed by atoms with Crippen molar-refractivity contribution < 1.29 is 19.1 Å². The number of carbonyl (C=O) groups is 3. The van der Waals surface area contributed by atoms with E-state index >= 15 is 0 Å². The van der Waals surface area contributed by atoms with Crippen molar-refractivity contribution in [3.63, 3.8) is 0 Å². The molecule has 0 atom stereocenters. The van der Waals surface area contributed by atoms with E-state index in [0.717, 1.165) is 23.3 Å². The molecule has 0 aliphatic carbocycles. The summed E-state index contributed by atoms with van der Waals surface area (Å²) in [4.78, 5) is 40.5. The summed E-state index contributed by atoms with van der Waals surface area (Å²) in [6, 6.07) is 4.01. The van der Waals surface area contributed by atoms with Crippen molar-refractivity contribution in [1.82, 2.24) is 10.2 Å². The molecule has 2 aromatic heterocycles. The normalized spacial score (nSPS) is 15.1. The van der Waals surface area contributed by atoms with E-state index in [-0.39, 0.29) is 36.9 Å². The maximum atomic E-state index is 12.7. The highest BCUT2D eigenvalue weighted by Crippen LogP contribution is 2.38. The number of likely N-dealkylation sites (tertiary alicyclic amines) is 1. The Morgan fingerprint density at radius 2 is 1.97 bits per heavy atom. The Morgan fingerprint density at radius 3 is 2.58 bits per heavy atom. The first-order valence-electron chi connectivity index (χ1n) is 10.5. The lowest BCUT2D eigenvalue weighted by atomic mass is 9.95. The predicted molar refractivity (Wildman–Crippen MR) is 125 cm³/mol. The average molecular weight is 464 g/mol. The van der Waals surface area contributed by atoms with Crippen molar-refractivity contribution in [1.29, 1.82) is 0 Å². The van der Waals surface area contributed by atoms with Gasteiger partial charge in [0.15, 0.2) is 0 Å². The zero-order valence-electron chi connectivity index (χ0n) is 18.1. The fourth-order valence-electron chi connectivity index (χ4n) is 3.59. The number of hydrogen-bond donors (Lipinski definition) is 2. The predicted octanol–water partition coefficient (Wildman–Crippen LogP) is 3.83. The van der Waals surface area contributed by atoms with Crippen LogP contribution in [0, 0.1) is 5.92 Å². The van der Waals surface area contributed by atoms with Crippen LogP contribution in [0.2, 0.25) is 0 Å². The smallest absolute Gasteiger partial charge is 0.341 e. The first-order valence-corrected chi connectivity index (χ1v) is 12.3. The van der Waals surface area contributed by atoms with Crippen molar-refractivity contribution in [3.05, 3.63) is 28.5 Å². The lowest BCUT2D eigenvalue weighted by Gasteiger charge is -2.31. The van der Waals surface area contributed by atoms with Gasteiger partial charge in [-0.3, -0.25) is 14.5 Å². The second-order valence-electron chi connectivity index (χ2n) is 7.81. The third-order valence-corrected chi connectivity index (χ3v) is 6.87. The van der Waals surface area contributed by atoms with Crippen LogP contribution in [0.25, 0.3) is 10.4 Å². The second kappa shape index (κ2) is 10.9. The van der Waals surface area contributed by atoms with Crippen LogP contribution in [0.3, 0.4) is 0 Å². The molecule has 168 valence electrons. The maximum Gasteiger partial charge on any atom is 0.341 e. The molecule has 3 heterocycles. The fourth-order valence-corrected chi connectivity index (χ4v) is 5.38. The van der Waals surface area contributed by atoms with Crippen LogP contribution in [-0.4, -0.2) is 55.0 Å². The van der Waals surface area contributed by atoms with Gasteiger partial charge in [-0.1, -0.05) is 6.07 Å². The van der Waals surface area contributed by atoms with Crippen molar-refractivity contribution in [2.24, 2.45) is 5.92 Å². The monoisotopic (exact) mass is 463 g/mol. The van der Waals surface area contributed by atoms with E-state index in [1.54, 1.807) is 6.92 Å². The van der Waals surface area contributed by atoms with Crippen molar-refractivity contribution in [2.45, 2.75) is 39.7 Å². The number of ether oxygens (including phenoxy) is 1. The van der Waals surface area contributed by atoms with E-state index in [0.29, 0.717) is 23.7 Å². The van der Waals surface area contributed by atoms with E-state index in [4.69, 9.17) is 4.74 Å². The van der Waals surface area contributed by atoms with Crippen molar-refractivity contribution in [2.75, 3.05) is 31.6 Å². The minimum absolute atomic E-state index is 0.00257. The summed E-state index contributed by atoms with van der Waals surface area (Å²) in [6.07, 6.45) is 1.48. The van der Waals surface area contributed by atoms with Crippen molar-refractivity contribution >= 4 is 45.5 Å². The largest absolute Gasteiger partial charge is 0.462 e. The molecule has 2 amide bonds. The Kier molecular flexibility index (Phi) is 8.22. The van der Waals surface area contributed by atoms with Gasteiger partial charge in [-0.15, -0.1) is 22.7 Å². The molecule has 9 heteroatoms. The summed E-state index contributed by atoms with van der Waals surface area (Å²) in [5, 5.41) is 10.2. The minimum Gasteiger partial charge on any atom is -0.462 e. The molecule has 31 heavy (non-hydrogen) atoms. The molecule has 7 nitrogen and oxygen atoms in total. The van der Waals surface area contributed by atoms with Crippen LogP contribution in [0.1, 0.15) is 44.0 Å². The second-order valence-corrected chi connectivity index (χ2v) is 9.64. The summed E-state index contributed by atoms with van der Waals surface area (Å²) in [5.41, 5.74) is 1.19. The van der Waals surface area contributed by atoms with Gasteiger partial charge >= 0.3 is 5.97 Å². The van der Waals surface area contributed by atoms with Crippen LogP contribution in [-0.2, 0) is 14.3 Å². The molecular formula is C22H29N3O4S2. The molecule has 1 fully saturated rings. The third-order valence-electron chi connectivity index (χ3n) is 5.07. The number of hydrogen-bond acceptors (Lipinski definition) is 7. The van der Waals surface area contributed by atoms with Gasteiger partial charge < -0.3 is 15.4 Å². The number of amides is 2. The van der Waals surface area contributed by atoms with E-state index < -0.39 is 5.97 Å². The van der Waals surface area contributed by atoms with Crippen molar-refractivity contribution in [3.8, 4) is 10.4 Å². The first kappa shape index (κ1) is 23.4. The quantitative estimate of drug-likeness (QED) is 0.581. The van der Waals surface area contributed by atoms with Gasteiger partial charge in [0.25, 0.3) is 0 Å². The summed E-state index contributed by atoms with van der Waals surface area (Å²) in [5.74, 6) is -0.504. The number of esters is 1. The molecule has 1 aliphatic rings. The Labute approximate surface area is 190 Å². The number of nitrogens with zero attached hydrogens (tertiary/aromatic N) is 1. The number of carbonyl (C=O) groups excluding carboxylic acids is 3. The molecule has 0 unspecified atom stereocenters. The summed E-state index contributed by atoms with van der Waals surface area (Å²) in [7, 11) is 0. The summed E-state index contributed by atoms with van der Waals surface area (Å²) in [6.45, 7) is 7.56. The van der Waals surface area contributed by atoms with Crippen LogP contribution in [0.5, 0.6) is 0 Å². The molecule has 1 saturated heterocycles. The van der Waals surface area contributed by atoms with Gasteiger partial charge in [0.2, 0.25) is 11.8 Å². The number of nitrogens with one attached hydrogen (secondary N) is 2. The minimum atomic E-state index is -0.431. The molecule has 1 aliphatic heterocycles. The summed E-state index contributed by atoms with van der Waals surface area (Å²) < 4.78 is 5.23. The van der Waals surface area contributed by atoms with E-state index in [1.165, 1.54) is 22.7 Å². The molecule has 0 bridgehead atoms. The zero-order chi connectivity index (χ0) is 22.4. The number of piperidine rings is 1. The molecule has 3 rings (SSSR count). The molecule has 2 N–H and O–H groups in total. The Hall–Kier alpha value is -2.23. The first-order chi connectivity index (χ1) is 14.9.